The Morgan fingerprint density at radius 2 is 1.96 bits per heavy atom. The third-order valence-electron chi connectivity index (χ3n) is 6.62. The van der Waals surface area contributed by atoms with E-state index in [9.17, 15) is 4.79 Å². The zero-order valence-electron chi connectivity index (χ0n) is 15.8. The van der Waals surface area contributed by atoms with Crippen LogP contribution in [0.2, 0.25) is 0 Å². The van der Waals surface area contributed by atoms with Gasteiger partial charge in [-0.15, -0.1) is 0 Å². The molecule has 1 spiro atoms. The van der Waals surface area contributed by atoms with Gasteiger partial charge in [0.1, 0.15) is 23.5 Å². The summed E-state index contributed by atoms with van der Waals surface area (Å²) >= 11 is 0. The molecule has 2 atom stereocenters. The summed E-state index contributed by atoms with van der Waals surface area (Å²) in [6.07, 6.45) is 4.28. The van der Waals surface area contributed by atoms with E-state index in [1.807, 2.05) is 23.1 Å². The fourth-order valence-electron chi connectivity index (χ4n) is 5.18. The maximum Gasteiger partial charge on any atom is 0.245 e. The molecule has 0 N–H and O–H groups in total. The summed E-state index contributed by atoms with van der Waals surface area (Å²) in [5.74, 6) is 1.78. The first-order chi connectivity index (χ1) is 13.8. The highest BCUT2D eigenvalue weighted by molar-refractivity contribution is 6.11. The van der Waals surface area contributed by atoms with E-state index in [1.54, 1.807) is 0 Å². The molecule has 0 aromatic heterocycles. The van der Waals surface area contributed by atoms with Crippen molar-refractivity contribution in [3.05, 3.63) is 53.1 Å². The van der Waals surface area contributed by atoms with Crippen LogP contribution in [0.4, 0.5) is 5.69 Å². The van der Waals surface area contributed by atoms with E-state index >= 15 is 0 Å². The summed E-state index contributed by atoms with van der Waals surface area (Å²) in [6, 6.07) is 12.3. The molecule has 0 radical (unpaired) electrons. The molecule has 28 heavy (non-hydrogen) atoms. The number of hydrogen-bond acceptors (Lipinski definition) is 4. The van der Waals surface area contributed by atoms with E-state index in [-0.39, 0.29) is 12.0 Å². The second kappa shape index (κ2) is 5.98. The van der Waals surface area contributed by atoms with Gasteiger partial charge < -0.3 is 19.1 Å². The van der Waals surface area contributed by atoms with Crippen LogP contribution in [-0.4, -0.2) is 38.4 Å². The highest BCUT2D eigenvalue weighted by atomic mass is 16.5. The smallest absolute Gasteiger partial charge is 0.245 e. The van der Waals surface area contributed by atoms with Crippen molar-refractivity contribution in [2.75, 3.05) is 31.3 Å². The minimum atomic E-state index is -0.752. The van der Waals surface area contributed by atoms with E-state index < -0.39 is 5.41 Å². The van der Waals surface area contributed by atoms with Crippen molar-refractivity contribution in [3.63, 3.8) is 0 Å². The van der Waals surface area contributed by atoms with Crippen molar-refractivity contribution < 1.29 is 19.0 Å². The Hall–Kier alpha value is -2.53. The average Bonchev–Trinajstić information content (AvgIpc) is 3.40. The minimum absolute atomic E-state index is 0.108. The lowest BCUT2D eigenvalue weighted by molar-refractivity contribution is -0.122. The molecule has 2 aromatic carbocycles. The molecule has 2 aromatic rings. The molecule has 2 unspecified atom stereocenters. The Balaban J connectivity index is 1.46. The molecule has 4 aliphatic rings. The van der Waals surface area contributed by atoms with Crippen LogP contribution in [0, 0.1) is 0 Å². The monoisotopic (exact) mass is 377 g/mol. The largest absolute Gasteiger partial charge is 0.493 e. The maximum absolute atomic E-state index is 13.9. The Morgan fingerprint density at radius 3 is 2.86 bits per heavy atom. The summed E-state index contributed by atoms with van der Waals surface area (Å²) in [7, 11) is 0. The molecule has 5 nitrogen and oxygen atoms in total. The first-order valence-electron chi connectivity index (χ1n) is 10.2. The third kappa shape index (κ3) is 2.14. The number of ether oxygens (including phenoxy) is 3. The molecular weight excluding hydrogens is 354 g/mol. The molecule has 0 saturated carbocycles. The second-order valence-corrected chi connectivity index (χ2v) is 8.17. The Kier molecular flexibility index (Phi) is 3.51. The van der Waals surface area contributed by atoms with Gasteiger partial charge in [0, 0.05) is 30.3 Å². The normalized spacial score (nSPS) is 27.4. The first kappa shape index (κ1) is 16.4. The lowest BCUT2D eigenvalue weighted by atomic mass is 9.76. The van der Waals surface area contributed by atoms with E-state index in [1.165, 1.54) is 5.56 Å². The van der Waals surface area contributed by atoms with Crippen LogP contribution in [0.1, 0.15) is 36.0 Å². The van der Waals surface area contributed by atoms with Gasteiger partial charge in [0.25, 0.3) is 0 Å². The number of amides is 1. The highest BCUT2D eigenvalue weighted by Gasteiger charge is 2.57. The summed E-state index contributed by atoms with van der Waals surface area (Å²) < 4.78 is 17.7. The van der Waals surface area contributed by atoms with E-state index in [4.69, 9.17) is 14.2 Å². The quantitative estimate of drug-likeness (QED) is 0.806. The second-order valence-electron chi connectivity index (χ2n) is 8.17. The summed E-state index contributed by atoms with van der Waals surface area (Å²) in [5.41, 5.74) is 3.45. The lowest BCUT2D eigenvalue weighted by Gasteiger charge is -2.29. The van der Waals surface area contributed by atoms with E-state index in [0.717, 1.165) is 60.6 Å². The number of nitrogens with zero attached hydrogens (tertiary/aromatic N) is 1. The molecular formula is C23H23NO4. The van der Waals surface area contributed by atoms with Crippen molar-refractivity contribution in [1.82, 2.24) is 0 Å². The predicted molar refractivity (Wildman–Crippen MR) is 104 cm³/mol. The van der Waals surface area contributed by atoms with Crippen LogP contribution in [0.25, 0.3) is 0 Å². The molecule has 144 valence electrons. The molecule has 1 saturated heterocycles. The SMILES string of the molecule is O=C1N(CC2CCCCO2)c2ccccc2C12COc1cc3c(cc12)CCO3. The molecule has 4 aliphatic heterocycles. The van der Waals surface area contributed by atoms with Crippen LogP contribution in [0.3, 0.4) is 0 Å². The van der Waals surface area contributed by atoms with Crippen molar-refractivity contribution in [2.24, 2.45) is 0 Å². The molecule has 0 bridgehead atoms. The van der Waals surface area contributed by atoms with Gasteiger partial charge in [-0.3, -0.25) is 4.79 Å². The zero-order valence-corrected chi connectivity index (χ0v) is 15.8. The molecule has 4 heterocycles. The Labute approximate surface area is 164 Å². The van der Waals surface area contributed by atoms with Crippen molar-refractivity contribution in [2.45, 2.75) is 37.2 Å². The number of carbonyl (C=O) groups is 1. The van der Waals surface area contributed by atoms with Gasteiger partial charge in [-0.1, -0.05) is 18.2 Å². The van der Waals surface area contributed by atoms with Crippen molar-refractivity contribution in [3.8, 4) is 11.5 Å². The molecule has 0 aliphatic carbocycles. The summed E-state index contributed by atoms with van der Waals surface area (Å²) in [4.78, 5) is 15.8. The highest BCUT2D eigenvalue weighted by Crippen LogP contribution is 2.54. The van der Waals surface area contributed by atoms with Crippen LogP contribution in [0.15, 0.2) is 36.4 Å². The van der Waals surface area contributed by atoms with Gasteiger partial charge in [0.05, 0.1) is 19.3 Å². The van der Waals surface area contributed by atoms with Crippen LogP contribution < -0.4 is 14.4 Å². The molecule has 1 amide bonds. The number of rotatable bonds is 2. The number of hydrogen-bond donors (Lipinski definition) is 0. The summed E-state index contributed by atoms with van der Waals surface area (Å²) in [5, 5.41) is 0. The van der Waals surface area contributed by atoms with Gasteiger partial charge >= 0.3 is 0 Å². The molecule has 5 heteroatoms. The first-order valence-corrected chi connectivity index (χ1v) is 10.2. The van der Waals surface area contributed by atoms with Gasteiger partial charge in [-0.2, -0.15) is 0 Å². The van der Waals surface area contributed by atoms with E-state index in [2.05, 4.69) is 18.2 Å². The number of fused-ring (bicyclic) bond motifs is 5. The van der Waals surface area contributed by atoms with Crippen molar-refractivity contribution >= 4 is 11.6 Å². The van der Waals surface area contributed by atoms with Crippen LogP contribution >= 0.6 is 0 Å². The lowest BCUT2D eigenvalue weighted by Crippen LogP contribution is -2.45. The fourth-order valence-corrected chi connectivity index (χ4v) is 5.18. The van der Waals surface area contributed by atoms with Gasteiger partial charge in [0.15, 0.2) is 0 Å². The zero-order chi connectivity index (χ0) is 18.7. The standard InChI is InChI=1S/C23H23NO4/c25-22-23(14-28-21-12-20-15(8-10-27-20)11-18(21)23)17-6-1-2-7-19(17)24(22)13-16-5-3-4-9-26-16/h1-2,6-7,11-12,16H,3-5,8-10,13-14H2. The van der Waals surface area contributed by atoms with Crippen LogP contribution in [-0.2, 0) is 21.4 Å². The third-order valence-corrected chi connectivity index (χ3v) is 6.62. The topological polar surface area (TPSA) is 48.0 Å². The number of anilines is 1. The molecule has 6 rings (SSSR count). The Morgan fingerprint density at radius 1 is 1.04 bits per heavy atom. The average molecular weight is 377 g/mol. The van der Waals surface area contributed by atoms with E-state index in [0.29, 0.717) is 19.8 Å². The summed E-state index contributed by atoms with van der Waals surface area (Å²) in [6.45, 7) is 2.45. The van der Waals surface area contributed by atoms with Gasteiger partial charge in [-0.25, -0.2) is 0 Å². The maximum atomic E-state index is 13.9. The number of para-hydroxylation sites is 1. The van der Waals surface area contributed by atoms with Gasteiger partial charge in [0.2, 0.25) is 5.91 Å². The Bertz CT molecular complexity index is 965. The molecule has 1 fully saturated rings. The fraction of sp³-hybridized carbons (Fsp3) is 0.435. The van der Waals surface area contributed by atoms with Gasteiger partial charge in [-0.05, 0) is 42.5 Å². The minimum Gasteiger partial charge on any atom is -0.493 e. The van der Waals surface area contributed by atoms with Crippen molar-refractivity contribution in [1.29, 1.82) is 0 Å². The number of carbonyl (C=O) groups excluding carboxylic acids is 1. The van der Waals surface area contributed by atoms with Crippen LogP contribution in [0.5, 0.6) is 11.5 Å². The number of benzene rings is 2. The predicted octanol–water partition coefficient (Wildman–Crippen LogP) is 3.22.